The number of amides is 2. The Morgan fingerprint density at radius 2 is 1.86 bits per heavy atom. The summed E-state index contributed by atoms with van der Waals surface area (Å²) in [4.78, 5) is 27.4. The summed E-state index contributed by atoms with van der Waals surface area (Å²) in [7, 11) is 0. The Hall–Kier alpha value is -4.02. The van der Waals surface area contributed by atoms with Crippen molar-refractivity contribution in [2.75, 3.05) is 19.6 Å². The number of benzene rings is 2. The highest BCUT2D eigenvalue weighted by Gasteiger charge is 2.16. The topological polar surface area (TPSA) is 142 Å². The van der Waals surface area contributed by atoms with Gasteiger partial charge in [-0.15, -0.1) is 5.10 Å². The highest BCUT2D eigenvalue weighted by Crippen LogP contribution is 2.14. The van der Waals surface area contributed by atoms with Gasteiger partial charge in [0.25, 0.3) is 11.8 Å². The average molecular weight is 394 g/mol. The van der Waals surface area contributed by atoms with Gasteiger partial charge in [0.1, 0.15) is 22.1 Å². The van der Waals surface area contributed by atoms with Gasteiger partial charge in [-0.05, 0) is 48.5 Å². The van der Waals surface area contributed by atoms with Crippen LogP contribution in [-0.4, -0.2) is 72.1 Å². The minimum absolute atomic E-state index is 0.150. The fourth-order valence-electron chi connectivity index (χ4n) is 3.01. The zero-order chi connectivity index (χ0) is 20.4. The molecule has 2 aromatic heterocycles. The second kappa shape index (κ2) is 7.54. The highest BCUT2D eigenvalue weighted by atomic mass is 16.5. The molecular formula is C18H18N8O3. The maximum Gasteiger partial charge on any atom is 0.253 e. The molecule has 0 aliphatic rings. The normalized spacial score (nSPS) is 11.1. The summed E-state index contributed by atoms with van der Waals surface area (Å²) >= 11 is 0. The molecule has 11 nitrogen and oxygen atoms in total. The van der Waals surface area contributed by atoms with Crippen LogP contribution in [0.4, 0.5) is 0 Å². The van der Waals surface area contributed by atoms with E-state index in [0.29, 0.717) is 51.1 Å². The van der Waals surface area contributed by atoms with Gasteiger partial charge in [-0.25, -0.2) is 0 Å². The van der Waals surface area contributed by atoms with Crippen LogP contribution >= 0.6 is 0 Å². The third-order valence-corrected chi connectivity index (χ3v) is 4.59. The summed E-state index contributed by atoms with van der Waals surface area (Å²) < 4.78 is 0. The van der Waals surface area contributed by atoms with Gasteiger partial charge < -0.3 is 15.4 Å². The maximum absolute atomic E-state index is 12.8. The first-order valence-electron chi connectivity index (χ1n) is 8.99. The number of H-pyrrole nitrogens is 1. The average Bonchev–Trinajstić information content (AvgIpc) is 3.36. The predicted molar refractivity (Wildman–Crippen MR) is 103 cm³/mol. The molecule has 0 radical (unpaired) electrons. The molecule has 11 heteroatoms. The van der Waals surface area contributed by atoms with Crippen LogP contribution < -0.4 is 5.32 Å². The summed E-state index contributed by atoms with van der Waals surface area (Å²) in [6.45, 7) is 2.99. The van der Waals surface area contributed by atoms with Crippen molar-refractivity contribution in [3.8, 4) is 0 Å². The molecule has 4 rings (SSSR count). The molecule has 0 saturated carbocycles. The van der Waals surface area contributed by atoms with Crippen molar-refractivity contribution in [1.29, 1.82) is 0 Å². The van der Waals surface area contributed by atoms with Gasteiger partial charge in [0.05, 0.1) is 0 Å². The minimum Gasteiger partial charge on any atom is -0.410 e. The summed E-state index contributed by atoms with van der Waals surface area (Å²) in [6.07, 6.45) is 0. The Kier molecular flexibility index (Phi) is 4.77. The molecule has 0 saturated heterocycles. The van der Waals surface area contributed by atoms with E-state index < -0.39 is 0 Å². The Bertz CT molecular complexity index is 1200. The lowest BCUT2D eigenvalue weighted by atomic mass is 10.1. The quantitative estimate of drug-likeness (QED) is 0.411. The number of rotatable bonds is 6. The predicted octanol–water partition coefficient (Wildman–Crippen LogP) is 0.832. The van der Waals surface area contributed by atoms with Crippen LogP contribution in [0.1, 0.15) is 27.6 Å². The fourth-order valence-corrected chi connectivity index (χ4v) is 3.01. The monoisotopic (exact) mass is 394 g/mol. The zero-order valence-electron chi connectivity index (χ0n) is 15.5. The molecule has 2 aromatic carbocycles. The highest BCUT2D eigenvalue weighted by molar-refractivity contribution is 5.98. The number of carbonyl (C=O) groups is 2. The molecule has 0 bridgehead atoms. The van der Waals surface area contributed by atoms with Crippen LogP contribution in [0.15, 0.2) is 36.4 Å². The van der Waals surface area contributed by atoms with Crippen molar-refractivity contribution < 1.29 is 14.8 Å². The Morgan fingerprint density at radius 1 is 1.10 bits per heavy atom. The third-order valence-electron chi connectivity index (χ3n) is 4.59. The van der Waals surface area contributed by atoms with Crippen LogP contribution in [-0.2, 0) is 0 Å². The van der Waals surface area contributed by atoms with Crippen molar-refractivity contribution in [1.82, 2.24) is 40.8 Å². The van der Waals surface area contributed by atoms with Crippen molar-refractivity contribution in [3.63, 3.8) is 0 Å². The summed E-state index contributed by atoms with van der Waals surface area (Å²) in [5.74, 6) is -0.469. The van der Waals surface area contributed by atoms with Crippen LogP contribution in [0.25, 0.3) is 22.1 Å². The lowest BCUT2D eigenvalue weighted by Gasteiger charge is -2.21. The molecule has 2 amide bonds. The molecule has 2 heterocycles. The van der Waals surface area contributed by atoms with E-state index in [2.05, 4.69) is 31.0 Å². The van der Waals surface area contributed by atoms with Gasteiger partial charge >= 0.3 is 0 Å². The van der Waals surface area contributed by atoms with E-state index in [1.54, 1.807) is 35.2 Å². The van der Waals surface area contributed by atoms with Crippen molar-refractivity contribution >= 4 is 33.9 Å². The molecule has 0 fully saturated rings. The lowest BCUT2D eigenvalue weighted by molar-refractivity contribution is 0.0757. The Labute approximate surface area is 164 Å². The molecule has 148 valence electrons. The van der Waals surface area contributed by atoms with E-state index in [4.69, 9.17) is 0 Å². The van der Waals surface area contributed by atoms with E-state index in [9.17, 15) is 14.8 Å². The van der Waals surface area contributed by atoms with Crippen LogP contribution in [0.3, 0.4) is 0 Å². The Morgan fingerprint density at radius 3 is 2.69 bits per heavy atom. The number of nitrogens with one attached hydrogen (secondary N) is 2. The maximum atomic E-state index is 12.8. The van der Waals surface area contributed by atoms with Crippen molar-refractivity contribution in [2.24, 2.45) is 0 Å². The second-order valence-electron chi connectivity index (χ2n) is 6.35. The van der Waals surface area contributed by atoms with E-state index >= 15 is 0 Å². The number of carbonyl (C=O) groups excluding carboxylic acids is 2. The van der Waals surface area contributed by atoms with Gasteiger partial charge in [0, 0.05) is 30.8 Å². The number of fused-ring (bicyclic) bond motifs is 2. The van der Waals surface area contributed by atoms with Crippen molar-refractivity contribution in [3.05, 3.63) is 47.5 Å². The lowest BCUT2D eigenvalue weighted by Crippen LogP contribution is -2.38. The number of hydrogen-bond acceptors (Lipinski definition) is 7. The van der Waals surface area contributed by atoms with E-state index in [-0.39, 0.29) is 18.4 Å². The van der Waals surface area contributed by atoms with Gasteiger partial charge in [-0.1, -0.05) is 4.85 Å². The molecule has 3 N–H and O–H groups in total. The van der Waals surface area contributed by atoms with E-state index in [0.717, 1.165) is 0 Å². The first-order valence-corrected chi connectivity index (χ1v) is 8.99. The summed E-state index contributed by atoms with van der Waals surface area (Å²) in [5, 5.41) is 30.1. The molecule has 29 heavy (non-hydrogen) atoms. The zero-order valence-corrected chi connectivity index (χ0v) is 15.5. The standard InChI is InChI=1S/C18H18N8O3/c1-2-25(18(28)12-4-5-13-15(9-12)21-23-20-13)8-7-19-17(27)11-3-6-14-16(10-11)26(29)24-22-14/h3-6,9-10,29H,2,7-8H2,1H3,(H,19,27)(H,20,21,23). The van der Waals surface area contributed by atoms with Gasteiger partial charge in [-0.2, -0.15) is 15.4 Å². The third kappa shape index (κ3) is 3.57. The van der Waals surface area contributed by atoms with Crippen LogP contribution in [0.2, 0.25) is 0 Å². The summed E-state index contributed by atoms with van der Waals surface area (Å²) in [6, 6.07) is 9.83. The largest absolute Gasteiger partial charge is 0.410 e. The van der Waals surface area contributed by atoms with Gasteiger partial charge in [0.15, 0.2) is 0 Å². The van der Waals surface area contributed by atoms with Gasteiger partial charge in [-0.3, -0.25) is 9.59 Å². The van der Waals surface area contributed by atoms with Crippen molar-refractivity contribution in [2.45, 2.75) is 6.92 Å². The van der Waals surface area contributed by atoms with Gasteiger partial charge in [0.2, 0.25) is 0 Å². The first-order chi connectivity index (χ1) is 14.1. The number of nitrogens with zero attached hydrogens (tertiary/aromatic N) is 6. The molecule has 0 aliphatic carbocycles. The second-order valence-corrected chi connectivity index (χ2v) is 6.35. The van der Waals surface area contributed by atoms with E-state index in [1.807, 2.05) is 6.92 Å². The molecular weight excluding hydrogens is 376 g/mol. The number of aromatic amines is 1. The minimum atomic E-state index is -0.319. The number of likely N-dealkylation sites (N-methyl/N-ethyl adjacent to an activating group) is 1. The first kappa shape index (κ1) is 18.3. The summed E-state index contributed by atoms with van der Waals surface area (Å²) in [5.41, 5.74) is 3.00. The fraction of sp³-hybridized carbons (Fsp3) is 0.222. The molecule has 0 atom stereocenters. The molecule has 0 aliphatic heterocycles. The van der Waals surface area contributed by atoms with Crippen LogP contribution in [0.5, 0.6) is 0 Å². The molecule has 0 spiro atoms. The van der Waals surface area contributed by atoms with Crippen LogP contribution in [0, 0.1) is 0 Å². The smallest absolute Gasteiger partial charge is 0.253 e. The Balaban J connectivity index is 1.39. The number of aromatic nitrogens is 6. The van der Waals surface area contributed by atoms with E-state index in [1.165, 1.54) is 6.07 Å². The molecule has 4 aromatic rings. The molecule has 0 unspecified atom stereocenters. The number of hydrogen-bond donors (Lipinski definition) is 3. The SMILES string of the molecule is CCN(CCNC(=O)c1ccc2nnn(O)c2c1)C(=O)c1ccc2n[nH]nc2c1.